The van der Waals surface area contributed by atoms with Gasteiger partial charge in [0.15, 0.2) is 0 Å². The van der Waals surface area contributed by atoms with Crippen molar-refractivity contribution in [3.8, 4) is 0 Å². The van der Waals surface area contributed by atoms with Crippen molar-refractivity contribution < 1.29 is 27.5 Å². The Morgan fingerprint density at radius 3 is 2.50 bits per heavy atom. The molecule has 1 saturated heterocycles. The molecule has 0 spiro atoms. The summed E-state index contributed by atoms with van der Waals surface area (Å²) in [4.78, 5) is 41.4. The van der Waals surface area contributed by atoms with E-state index in [4.69, 9.17) is 10.5 Å². The molecule has 0 aliphatic carbocycles. The van der Waals surface area contributed by atoms with E-state index in [1.165, 1.54) is 36.3 Å². The summed E-state index contributed by atoms with van der Waals surface area (Å²) >= 11 is 0. The number of para-hydroxylation sites is 1. The van der Waals surface area contributed by atoms with Gasteiger partial charge in [-0.15, -0.1) is 0 Å². The largest absolute Gasteiger partial charge is 0.399 e. The molecule has 0 bridgehead atoms. The van der Waals surface area contributed by atoms with Crippen LogP contribution in [0.1, 0.15) is 24.8 Å². The van der Waals surface area contributed by atoms with Crippen molar-refractivity contribution in [2.45, 2.75) is 42.7 Å². The molecule has 2 aliphatic rings. The predicted octanol–water partition coefficient (Wildman–Crippen LogP) is 1.10. The van der Waals surface area contributed by atoms with E-state index in [1.807, 2.05) is 0 Å². The molecular formula is C25H30N4O6S. The van der Waals surface area contributed by atoms with Crippen LogP contribution in [0.4, 0.5) is 11.4 Å². The second-order valence-electron chi connectivity index (χ2n) is 8.87. The van der Waals surface area contributed by atoms with Crippen molar-refractivity contribution in [2.24, 2.45) is 0 Å². The monoisotopic (exact) mass is 514 g/mol. The van der Waals surface area contributed by atoms with E-state index in [9.17, 15) is 22.8 Å². The van der Waals surface area contributed by atoms with E-state index < -0.39 is 39.7 Å². The Hall–Kier alpha value is -3.28. The quantitative estimate of drug-likeness (QED) is 0.306. The number of sulfonamides is 1. The molecule has 4 rings (SSSR count). The molecule has 0 unspecified atom stereocenters. The van der Waals surface area contributed by atoms with Gasteiger partial charge in [0, 0.05) is 38.0 Å². The Morgan fingerprint density at radius 2 is 1.78 bits per heavy atom. The number of fused-ring (bicyclic) bond motifs is 1. The third kappa shape index (κ3) is 4.99. The van der Waals surface area contributed by atoms with Crippen molar-refractivity contribution >= 4 is 39.0 Å². The Balaban J connectivity index is 1.63. The summed E-state index contributed by atoms with van der Waals surface area (Å²) < 4.78 is 32.9. The minimum Gasteiger partial charge on any atom is -0.399 e. The molecule has 2 heterocycles. The summed E-state index contributed by atoms with van der Waals surface area (Å²) in [5.41, 5.74) is 7.35. The zero-order valence-corrected chi connectivity index (χ0v) is 20.9. The molecule has 2 aromatic rings. The Labute approximate surface area is 210 Å². The summed E-state index contributed by atoms with van der Waals surface area (Å²) in [6.45, 7) is 0.681. The molecule has 2 aromatic carbocycles. The van der Waals surface area contributed by atoms with Crippen molar-refractivity contribution in [1.29, 1.82) is 0 Å². The van der Waals surface area contributed by atoms with Gasteiger partial charge in [-0.2, -0.15) is 4.31 Å². The smallest absolute Gasteiger partial charge is 0.296 e. The molecule has 3 N–H and O–H groups in total. The number of amides is 2. The van der Waals surface area contributed by atoms with E-state index >= 15 is 0 Å². The number of nitrogens with two attached hydrogens (primary N) is 1. The number of benzene rings is 2. The normalized spacial score (nSPS) is 20.1. The molecule has 0 radical (unpaired) electrons. The summed E-state index contributed by atoms with van der Waals surface area (Å²) in [5.74, 6) is -2.14. The average molecular weight is 515 g/mol. The Bertz CT molecular complexity index is 1250. The van der Waals surface area contributed by atoms with E-state index in [0.29, 0.717) is 30.8 Å². The highest BCUT2D eigenvalue weighted by atomic mass is 32.2. The van der Waals surface area contributed by atoms with Gasteiger partial charge in [0.05, 0.1) is 17.5 Å². The van der Waals surface area contributed by atoms with Crippen LogP contribution in [0, 0.1) is 0 Å². The number of ether oxygens (including phenoxy) is 1. The van der Waals surface area contributed by atoms with E-state index in [-0.39, 0.29) is 30.8 Å². The van der Waals surface area contributed by atoms with Gasteiger partial charge in [-0.25, -0.2) is 8.42 Å². The highest BCUT2D eigenvalue weighted by Crippen LogP contribution is 2.34. The summed E-state index contributed by atoms with van der Waals surface area (Å²) in [7, 11) is -2.53. The number of anilines is 2. The second kappa shape index (κ2) is 10.8. The summed E-state index contributed by atoms with van der Waals surface area (Å²) in [6.07, 6.45) is 1.66. The number of ketones is 1. The molecule has 36 heavy (non-hydrogen) atoms. The number of piperidine rings is 1. The first-order chi connectivity index (χ1) is 17.3. The van der Waals surface area contributed by atoms with E-state index in [2.05, 4.69) is 5.32 Å². The maximum Gasteiger partial charge on any atom is 0.296 e. The average Bonchev–Trinajstić information content (AvgIpc) is 3.28. The summed E-state index contributed by atoms with van der Waals surface area (Å²) in [6, 6.07) is 10.7. The van der Waals surface area contributed by atoms with Crippen molar-refractivity contribution in [3.05, 3.63) is 54.1 Å². The van der Waals surface area contributed by atoms with Gasteiger partial charge in [0.25, 0.3) is 5.91 Å². The zero-order chi connectivity index (χ0) is 25.9. The molecular weight excluding hydrogens is 484 g/mol. The zero-order valence-electron chi connectivity index (χ0n) is 20.1. The highest BCUT2D eigenvalue weighted by molar-refractivity contribution is 7.89. The molecule has 2 atom stereocenters. The number of carbonyl (C=O) groups is 3. The number of rotatable bonds is 8. The highest BCUT2D eigenvalue weighted by Gasteiger charge is 2.45. The van der Waals surface area contributed by atoms with Gasteiger partial charge in [-0.05, 0) is 48.7 Å². The minimum atomic E-state index is -4.04. The van der Waals surface area contributed by atoms with Crippen LogP contribution in [0.5, 0.6) is 0 Å². The molecule has 10 nitrogen and oxygen atoms in total. The number of carbonyl (C=O) groups excluding carboxylic acids is 3. The predicted molar refractivity (Wildman–Crippen MR) is 134 cm³/mol. The first kappa shape index (κ1) is 25.8. The Morgan fingerprint density at radius 1 is 1.06 bits per heavy atom. The number of nitrogens with one attached hydrogen (secondary N) is 1. The number of nitrogen functional groups attached to an aromatic ring is 1. The lowest BCUT2D eigenvalue weighted by molar-refractivity contribution is -0.139. The number of hydrogen-bond acceptors (Lipinski definition) is 7. The van der Waals surface area contributed by atoms with Gasteiger partial charge >= 0.3 is 0 Å². The topological polar surface area (TPSA) is 139 Å². The maximum absolute atomic E-state index is 13.6. The standard InChI is InChI=1S/C25H30N4O6S/c1-35-15-13-27-24(31)22-16-17-6-2-3-7-20(17)29(22)25(32)23(30)21-8-4-5-14-28(21)36(33,34)19-11-9-18(26)10-12-19/h2-3,6-7,9-12,21-22H,4-5,8,13-16,26H2,1H3,(H,27,31)/t21-,22-/m0/s1. The number of methoxy groups -OCH3 is 1. The molecule has 192 valence electrons. The number of hydrogen-bond donors (Lipinski definition) is 2. The first-order valence-corrected chi connectivity index (χ1v) is 13.3. The van der Waals surface area contributed by atoms with Crippen molar-refractivity contribution in [2.75, 3.05) is 37.4 Å². The van der Waals surface area contributed by atoms with Crippen LogP contribution in [-0.2, 0) is 35.6 Å². The van der Waals surface area contributed by atoms with Crippen LogP contribution in [0.2, 0.25) is 0 Å². The molecule has 2 aliphatic heterocycles. The van der Waals surface area contributed by atoms with Crippen molar-refractivity contribution in [1.82, 2.24) is 9.62 Å². The third-order valence-corrected chi connectivity index (χ3v) is 8.48. The fourth-order valence-corrected chi connectivity index (χ4v) is 6.39. The molecule has 11 heteroatoms. The molecule has 1 fully saturated rings. The van der Waals surface area contributed by atoms with Gasteiger partial charge in [-0.3, -0.25) is 19.3 Å². The first-order valence-electron chi connectivity index (χ1n) is 11.8. The van der Waals surface area contributed by atoms with E-state index in [0.717, 1.165) is 9.87 Å². The van der Waals surface area contributed by atoms with Gasteiger partial charge in [-0.1, -0.05) is 24.6 Å². The van der Waals surface area contributed by atoms with Gasteiger partial charge < -0.3 is 15.8 Å². The number of Topliss-reactive ketones (excluding diaryl/α,β-unsaturated/α-hetero) is 1. The maximum atomic E-state index is 13.6. The van der Waals surface area contributed by atoms with Crippen LogP contribution >= 0.6 is 0 Å². The molecule has 0 saturated carbocycles. The SMILES string of the molecule is COCCNC(=O)[C@@H]1Cc2ccccc2N1C(=O)C(=O)[C@@H]1CCCCN1S(=O)(=O)c1ccc(N)cc1. The lowest BCUT2D eigenvalue weighted by Crippen LogP contribution is -2.56. The third-order valence-electron chi connectivity index (χ3n) is 6.56. The molecule has 2 amide bonds. The second-order valence-corrected chi connectivity index (χ2v) is 10.8. The van der Waals surface area contributed by atoms with Crippen LogP contribution in [0.25, 0.3) is 0 Å². The van der Waals surface area contributed by atoms with Crippen LogP contribution in [-0.4, -0.2) is 69.2 Å². The van der Waals surface area contributed by atoms with Gasteiger partial charge in [0.2, 0.25) is 21.7 Å². The van der Waals surface area contributed by atoms with Crippen LogP contribution in [0.3, 0.4) is 0 Å². The van der Waals surface area contributed by atoms with Crippen LogP contribution < -0.4 is 16.0 Å². The minimum absolute atomic E-state index is 0.00534. The van der Waals surface area contributed by atoms with Gasteiger partial charge in [0.1, 0.15) is 6.04 Å². The molecule has 0 aromatic heterocycles. The fraction of sp³-hybridized carbons (Fsp3) is 0.400. The van der Waals surface area contributed by atoms with Crippen LogP contribution in [0.15, 0.2) is 53.4 Å². The number of nitrogens with zero attached hydrogens (tertiary/aromatic N) is 2. The fourth-order valence-electron chi connectivity index (χ4n) is 4.73. The summed E-state index contributed by atoms with van der Waals surface area (Å²) in [5, 5.41) is 2.74. The van der Waals surface area contributed by atoms with E-state index in [1.54, 1.807) is 24.3 Å². The lowest BCUT2D eigenvalue weighted by Gasteiger charge is -2.34. The Kier molecular flexibility index (Phi) is 7.72. The lowest BCUT2D eigenvalue weighted by atomic mass is 10.00. The van der Waals surface area contributed by atoms with Crippen molar-refractivity contribution in [3.63, 3.8) is 0 Å².